The van der Waals surface area contributed by atoms with Gasteiger partial charge in [0.15, 0.2) is 0 Å². The van der Waals surface area contributed by atoms with Gasteiger partial charge in [-0.15, -0.1) is 0 Å². The molecule has 1 N–H and O–H groups in total. The van der Waals surface area contributed by atoms with Crippen LogP contribution in [-0.2, 0) is 13.2 Å². The average Bonchev–Trinajstić information content (AvgIpc) is 2.41. The molecule has 0 aliphatic rings. The molecule has 0 heterocycles. The van der Waals surface area contributed by atoms with Crippen molar-refractivity contribution in [2.24, 2.45) is 0 Å². The maximum absolute atomic E-state index is 9.43. The molecule has 2 aromatic rings. The van der Waals surface area contributed by atoms with Gasteiger partial charge in [-0.2, -0.15) is 0 Å². The molecule has 4 heteroatoms. The fraction of sp³-hybridized carbons (Fsp3) is 0.200. The molecule has 0 radical (unpaired) electrons. The van der Waals surface area contributed by atoms with E-state index in [9.17, 15) is 5.11 Å². The minimum absolute atomic E-state index is 0.0559. The van der Waals surface area contributed by atoms with Gasteiger partial charge in [0.2, 0.25) is 0 Å². The zero-order valence-electron chi connectivity index (χ0n) is 10.6. The zero-order valence-corrected chi connectivity index (χ0v) is 12.9. The van der Waals surface area contributed by atoms with Gasteiger partial charge >= 0.3 is 0 Å². The summed E-state index contributed by atoms with van der Waals surface area (Å²) >= 11 is 9.53. The number of aliphatic hydroxyl groups is 1. The van der Waals surface area contributed by atoms with Crippen LogP contribution in [0, 0.1) is 0 Å². The average molecular weight is 341 g/mol. The van der Waals surface area contributed by atoms with Crippen LogP contribution in [0.25, 0.3) is 0 Å². The van der Waals surface area contributed by atoms with Crippen molar-refractivity contribution < 1.29 is 5.11 Å². The number of halogens is 2. The predicted molar refractivity (Wildman–Crippen MR) is 83.6 cm³/mol. The largest absolute Gasteiger partial charge is 0.392 e. The topological polar surface area (TPSA) is 23.5 Å². The standard InChI is InChI=1S/C15H15BrClNO/c1-18(9-11-5-7-12(16)8-6-11)15-4-2-3-14(17)13(15)10-19/h2-8,19H,9-10H2,1H3. The van der Waals surface area contributed by atoms with Crippen molar-refractivity contribution in [3.8, 4) is 0 Å². The number of hydrogen-bond donors (Lipinski definition) is 1. The third-order valence-electron chi connectivity index (χ3n) is 3.00. The van der Waals surface area contributed by atoms with Crippen molar-refractivity contribution >= 4 is 33.2 Å². The van der Waals surface area contributed by atoms with E-state index in [0.29, 0.717) is 5.02 Å². The second kappa shape index (κ2) is 6.42. The van der Waals surface area contributed by atoms with Crippen molar-refractivity contribution in [2.75, 3.05) is 11.9 Å². The van der Waals surface area contributed by atoms with Crippen LogP contribution < -0.4 is 4.90 Å². The molecule has 0 saturated heterocycles. The Balaban J connectivity index is 2.22. The van der Waals surface area contributed by atoms with Crippen LogP contribution in [0.5, 0.6) is 0 Å². The molecule has 0 atom stereocenters. The van der Waals surface area contributed by atoms with Crippen LogP contribution in [0.4, 0.5) is 5.69 Å². The summed E-state index contributed by atoms with van der Waals surface area (Å²) < 4.78 is 1.07. The number of benzene rings is 2. The summed E-state index contributed by atoms with van der Waals surface area (Å²) in [4.78, 5) is 2.08. The molecule has 2 nitrogen and oxygen atoms in total. The summed E-state index contributed by atoms with van der Waals surface area (Å²) in [6, 6.07) is 13.9. The molecule has 0 saturated carbocycles. The summed E-state index contributed by atoms with van der Waals surface area (Å²) in [6.07, 6.45) is 0. The molecule has 0 aliphatic carbocycles. The fourth-order valence-corrected chi connectivity index (χ4v) is 2.50. The first-order valence-electron chi connectivity index (χ1n) is 5.95. The Morgan fingerprint density at radius 3 is 2.47 bits per heavy atom. The first kappa shape index (κ1) is 14.4. The van der Waals surface area contributed by atoms with Gasteiger partial charge in [0.1, 0.15) is 0 Å². The molecular formula is C15H15BrClNO. The van der Waals surface area contributed by atoms with Crippen molar-refractivity contribution in [1.29, 1.82) is 0 Å². The maximum Gasteiger partial charge on any atom is 0.0716 e. The van der Waals surface area contributed by atoms with Crippen LogP contribution in [-0.4, -0.2) is 12.2 Å². The molecule has 100 valence electrons. The highest BCUT2D eigenvalue weighted by molar-refractivity contribution is 9.10. The normalized spacial score (nSPS) is 10.5. The van der Waals surface area contributed by atoms with E-state index in [1.54, 1.807) is 6.07 Å². The van der Waals surface area contributed by atoms with E-state index in [-0.39, 0.29) is 6.61 Å². The number of aliphatic hydroxyl groups excluding tert-OH is 1. The lowest BCUT2D eigenvalue weighted by atomic mass is 10.1. The van der Waals surface area contributed by atoms with E-state index < -0.39 is 0 Å². The smallest absolute Gasteiger partial charge is 0.0716 e. The lowest BCUT2D eigenvalue weighted by Crippen LogP contribution is -2.18. The van der Waals surface area contributed by atoms with E-state index in [0.717, 1.165) is 22.3 Å². The number of nitrogens with zero attached hydrogens (tertiary/aromatic N) is 1. The Labute approximate surface area is 126 Å². The van der Waals surface area contributed by atoms with Gasteiger partial charge in [-0.05, 0) is 29.8 Å². The highest BCUT2D eigenvalue weighted by atomic mass is 79.9. The summed E-state index contributed by atoms with van der Waals surface area (Å²) in [6.45, 7) is 0.709. The minimum atomic E-state index is -0.0559. The molecule has 0 aliphatic heterocycles. The zero-order chi connectivity index (χ0) is 13.8. The van der Waals surface area contributed by atoms with E-state index in [1.165, 1.54) is 5.56 Å². The van der Waals surface area contributed by atoms with Gasteiger partial charge in [-0.1, -0.05) is 45.7 Å². The van der Waals surface area contributed by atoms with Gasteiger partial charge in [0, 0.05) is 34.3 Å². The molecule has 19 heavy (non-hydrogen) atoms. The van der Waals surface area contributed by atoms with E-state index in [4.69, 9.17) is 11.6 Å². The molecule has 0 fully saturated rings. The van der Waals surface area contributed by atoms with Crippen LogP contribution in [0.3, 0.4) is 0 Å². The van der Waals surface area contributed by atoms with Crippen molar-refractivity contribution in [3.63, 3.8) is 0 Å². The van der Waals surface area contributed by atoms with Crippen LogP contribution in [0.1, 0.15) is 11.1 Å². The number of hydrogen-bond acceptors (Lipinski definition) is 2. The molecular weight excluding hydrogens is 326 g/mol. The molecule has 0 amide bonds. The summed E-state index contributed by atoms with van der Waals surface area (Å²) in [5.41, 5.74) is 2.93. The van der Waals surface area contributed by atoms with Gasteiger partial charge < -0.3 is 10.0 Å². The molecule has 2 aromatic carbocycles. The molecule has 0 spiro atoms. The monoisotopic (exact) mass is 339 g/mol. The van der Waals surface area contributed by atoms with E-state index in [2.05, 4.69) is 33.0 Å². The highest BCUT2D eigenvalue weighted by Gasteiger charge is 2.10. The third-order valence-corrected chi connectivity index (χ3v) is 3.88. The summed E-state index contributed by atoms with van der Waals surface area (Å²) in [7, 11) is 1.99. The second-order valence-electron chi connectivity index (χ2n) is 4.38. The Bertz CT molecular complexity index is 557. The number of anilines is 1. The van der Waals surface area contributed by atoms with E-state index >= 15 is 0 Å². The lowest BCUT2D eigenvalue weighted by Gasteiger charge is -2.22. The lowest BCUT2D eigenvalue weighted by molar-refractivity contribution is 0.282. The maximum atomic E-state index is 9.43. The van der Waals surface area contributed by atoms with Gasteiger partial charge in [-0.25, -0.2) is 0 Å². The minimum Gasteiger partial charge on any atom is -0.392 e. The fourth-order valence-electron chi connectivity index (χ4n) is 2.01. The second-order valence-corrected chi connectivity index (χ2v) is 5.70. The third kappa shape index (κ3) is 3.50. The molecule has 2 rings (SSSR count). The predicted octanol–water partition coefficient (Wildman–Crippen LogP) is 4.23. The van der Waals surface area contributed by atoms with E-state index in [1.807, 2.05) is 31.3 Å². The Morgan fingerprint density at radius 1 is 1.16 bits per heavy atom. The van der Waals surface area contributed by atoms with Gasteiger partial charge in [0.25, 0.3) is 0 Å². The van der Waals surface area contributed by atoms with Crippen molar-refractivity contribution in [1.82, 2.24) is 0 Å². The first-order chi connectivity index (χ1) is 9.11. The van der Waals surface area contributed by atoms with Crippen LogP contribution in [0.15, 0.2) is 46.9 Å². The highest BCUT2D eigenvalue weighted by Crippen LogP contribution is 2.27. The molecule has 0 unspecified atom stereocenters. The van der Waals surface area contributed by atoms with Crippen LogP contribution >= 0.6 is 27.5 Å². The summed E-state index contributed by atoms with van der Waals surface area (Å²) in [5, 5.41) is 10.0. The number of rotatable bonds is 4. The SMILES string of the molecule is CN(Cc1ccc(Br)cc1)c1cccc(Cl)c1CO. The first-order valence-corrected chi connectivity index (χ1v) is 7.12. The molecule has 0 aromatic heterocycles. The van der Waals surface area contributed by atoms with Crippen LogP contribution in [0.2, 0.25) is 5.02 Å². The molecule has 0 bridgehead atoms. The Kier molecular flexibility index (Phi) is 4.86. The quantitative estimate of drug-likeness (QED) is 0.900. The Hall–Kier alpha value is -1.03. The van der Waals surface area contributed by atoms with Gasteiger partial charge in [-0.3, -0.25) is 0 Å². The summed E-state index contributed by atoms with van der Waals surface area (Å²) in [5.74, 6) is 0. The van der Waals surface area contributed by atoms with Crippen molar-refractivity contribution in [2.45, 2.75) is 13.2 Å². The van der Waals surface area contributed by atoms with Crippen molar-refractivity contribution in [3.05, 3.63) is 63.1 Å². The Morgan fingerprint density at radius 2 is 1.84 bits per heavy atom. The van der Waals surface area contributed by atoms with Gasteiger partial charge in [0.05, 0.1) is 6.61 Å².